The number of nitrogens with zero attached hydrogens (tertiary/aromatic N) is 3. The van der Waals surface area contributed by atoms with Gasteiger partial charge in [-0.15, -0.1) is 0 Å². The van der Waals surface area contributed by atoms with E-state index >= 15 is 0 Å². The molecule has 0 spiro atoms. The van der Waals surface area contributed by atoms with Crippen LogP contribution in [0.4, 0.5) is 0 Å². The van der Waals surface area contributed by atoms with E-state index in [1.165, 1.54) is 87.9 Å². The van der Waals surface area contributed by atoms with E-state index in [4.69, 9.17) is 0 Å². The van der Waals surface area contributed by atoms with Crippen molar-refractivity contribution in [3.63, 3.8) is 0 Å². The summed E-state index contributed by atoms with van der Waals surface area (Å²) in [7, 11) is 0. The van der Waals surface area contributed by atoms with Crippen LogP contribution in [0.3, 0.4) is 0 Å². The van der Waals surface area contributed by atoms with Crippen LogP contribution in [0.25, 0.3) is 93.6 Å². The molecule has 0 atom stereocenters. The summed E-state index contributed by atoms with van der Waals surface area (Å²) in [6, 6.07) is 68.4. The third-order valence-corrected chi connectivity index (χ3v) is 10.6. The van der Waals surface area contributed by atoms with Gasteiger partial charge in [0.2, 0.25) is 0 Å². The fraction of sp³-hybridized carbons (Fsp3) is 0. The Labute approximate surface area is 294 Å². The van der Waals surface area contributed by atoms with Gasteiger partial charge in [0.1, 0.15) is 0 Å². The Morgan fingerprint density at radius 1 is 0.235 bits per heavy atom. The molecule has 0 saturated carbocycles. The van der Waals surface area contributed by atoms with E-state index in [0.29, 0.717) is 0 Å². The van der Waals surface area contributed by atoms with Crippen LogP contribution in [0.5, 0.6) is 0 Å². The molecule has 3 heteroatoms. The first-order valence-corrected chi connectivity index (χ1v) is 17.5. The van der Waals surface area contributed by atoms with E-state index < -0.39 is 0 Å². The molecule has 0 N–H and O–H groups in total. The molecule has 0 radical (unpaired) electrons. The van der Waals surface area contributed by atoms with Crippen LogP contribution < -0.4 is 0 Å². The van der Waals surface area contributed by atoms with Gasteiger partial charge < -0.3 is 13.7 Å². The molecular formula is C48H31N3. The van der Waals surface area contributed by atoms with Gasteiger partial charge in [-0.3, -0.25) is 0 Å². The summed E-state index contributed by atoms with van der Waals surface area (Å²) in [5, 5.41) is 7.54. The third-order valence-electron chi connectivity index (χ3n) is 10.6. The van der Waals surface area contributed by atoms with Crippen molar-refractivity contribution in [3.05, 3.63) is 188 Å². The molecule has 11 aromatic rings. The van der Waals surface area contributed by atoms with Crippen molar-refractivity contribution in [2.75, 3.05) is 0 Å². The van der Waals surface area contributed by atoms with Gasteiger partial charge in [0.05, 0.1) is 33.1 Å². The average Bonchev–Trinajstić information content (AvgIpc) is 3.84. The van der Waals surface area contributed by atoms with Gasteiger partial charge in [-0.05, 0) is 83.9 Å². The Hall–Kier alpha value is -6.84. The predicted octanol–water partition coefficient (Wildman–Crippen LogP) is 12.6. The van der Waals surface area contributed by atoms with Crippen molar-refractivity contribution in [1.82, 2.24) is 13.7 Å². The maximum Gasteiger partial charge on any atom is 0.0547 e. The van der Waals surface area contributed by atoms with Gasteiger partial charge in [-0.25, -0.2) is 0 Å². The van der Waals surface area contributed by atoms with Gasteiger partial charge in [-0.2, -0.15) is 0 Å². The molecule has 8 aromatic carbocycles. The van der Waals surface area contributed by atoms with Crippen molar-refractivity contribution in [2.45, 2.75) is 0 Å². The molecule has 3 heterocycles. The number of hydrogen-bond donors (Lipinski definition) is 0. The minimum absolute atomic E-state index is 1.15. The molecule has 0 aliphatic rings. The molecule has 0 aliphatic carbocycles. The van der Waals surface area contributed by atoms with Crippen molar-refractivity contribution < 1.29 is 0 Å². The molecule has 0 unspecified atom stereocenters. The van der Waals surface area contributed by atoms with E-state index in [1.807, 2.05) is 0 Å². The number of rotatable bonds is 4. The second-order valence-electron chi connectivity index (χ2n) is 13.3. The van der Waals surface area contributed by atoms with E-state index in [-0.39, 0.29) is 0 Å². The van der Waals surface area contributed by atoms with Gasteiger partial charge in [0.25, 0.3) is 0 Å². The van der Waals surface area contributed by atoms with Crippen LogP contribution in [-0.4, -0.2) is 13.7 Å². The average molecular weight is 650 g/mol. The molecule has 3 nitrogen and oxygen atoms in total. The van der Waals surface area contributed by atoms with Crippen molar-refractivity contribution in [3.8, 4) is 28.2 Å². The Morgan fingerprint density at radius 2 is 0.627 bits per heavy atom. The molecule has 0 amide bonds. The predicted molar refractivity (Wildman–Crippen MR) is 215 cm³/mol. The zero-order chi connectivity index (χ0) is 33.5. The van der Waals surface area contributed by atoms with Crippen LogP contribution in [0.15, 0.2) is 188 Å². The Balaban J connectivity index is 1.20. The highest BCUT2D eigenvalue weighted by Gasteiger charge is 2.21. The lowest BCUT2D eigenvalue weighted by Crippen LogP contribution is -1.95. The van der Waals surface area contributed by atoms with Gasteiger partial charge >= 0.3 is 0 Å². The summed E-state index contributed by atoms with van der Waals surface area (Å²) in [5.41, 5.74) is 13.2. The maximum atomic E-state index is 2.45. The van der Waals surface area contributed by atoms with Crippen molar-refractivity contribution in [1.29, 1.82) is 0 Å². The van der Waals surface area contributed by atoms with Crippen LogP contribution in [0, 0.1) is 0 Å². The molecule has 0 aliphatic heterocycles. The molecule has 3 aromatic heterocycles. The quantitative estimate of drug-likeness (QED) is 0.180. The summed E-state index contributed by atoms with van der Waals surface area (Å²) in [6.45, 7) is 0. The molecular weight excluding hydrogens is 619 g/mol. The normalized spacial score (nSPS) is 11.9. The fourth-order valence-electron chi connectivity index (χ4n) is 8.58. The second-order valence-corrected chi connectivity index (χ2v) is 13.3. The zero-order valence-corrected chi connectivity index (χ0v) is 27.7. The Kier molecular flexibility index (Phi) is 5.96. The van der Waals surface area contributed by atoms with Crippen LogP contribution in [-0.2, 0) is 0 Å². The Morgan fingerprint density at radius 3 is 1.18 bits per heavy atom. The monoisotopic (exact) mass is 649 g/mol. The molecule has 51 heavy (non-hydrogen) atoms. The van der Waals surface area contributed by atoms with E-state index in [0.717, 1.165) is 5.69 Å². The highest BCUT2D eigenvalue weighted by Crippen LogP contribution is 2.44. The zero-order valence-electron chi connectivity index (χ0n) is 27.7. The second kappa shape index (κ2) is 10.8. The third kappa shape index (κ3) is 4.00. The molecule has 0 fully saturated rings. The summed E-state index contributed by atoms with van der Waals surface area (Å²) in [6.07, 6.45) is 0. The van der Waals surface area contributed by atoms with Crippen molar-refractivity contribution >= 4 is 65.4 Å². The fourth-order valence-corrected chi connectivity index (χ4v) is 8.58. The smallest absolute Gasteiger partial charge is 0.0547 e. The first kappa shape index (κ1) is 28.0. The molecule has 11 rings (SSSR count). The highest BCUT2D eigenvalue weighted by atomic mass is 15.0. The molecule has 0 bridgehead atoms. The summed E-state index contributed by atoms with van der Waals surface area (Å²) < 4.78 is 7.24. The lowest BCUT2D eigenvalue weighted by Gasteiger charge is -2.11. The van der Waals surface area contributed by atoms with Crippen LogP contribution in [0.2, 0.25) is 0 Å². The van der Waals surface area contributed by atoms with Gasteiger partial charge in [0.15, 0.2) is 0 Å². The van der Waals surface area contributed by atoms with Crippen molar-refractivity contribution in [2.24, 2.45) is 0 Å². The Bertz CT molecular complexity index is 3120. The summed E-state index contributed by atoms with van der Waals surface area (Å²) in [5.74, 6) is 0. The van der Waals surface area contributed by atoms with E-state index in [9.17, 15) is 0 Å². The SMILES string of the molecule is c1ccc(-n2c3ccccc3c3cc(-n4c5ccccc5c5c(-c6cccc7c6c6ccccc6n7-c6ccccc6)cccc54)ccc32)cc1. The summed E-state index contributed by atoms with van der Waals surface area (Å²) in [4.78, 5) is 0. The summed E-state index contributed by atoms with van der Waals surface area (Å²) >= 11 is 0. The maximum absolute atomic E-state index is 2.45. The number of fused-ring (bicyclic) bond motifs is 9. The molecule has 238 valence electrons. The van der Waals surface area contributed by atoms with E-state index in [1.54, 1.807) is 0 Å². The first-order chi connectivity index (χ1) is 25.3. The number of hydrogen-bond acceptors (Lipinski definition) is 0. The minimum atomic E-state index is 1.15. The number of benzene rings is 8. The highest BCUT2D eigenvalue weighted by molar-refractivity contribution is 6.22. The van der Waals surface area contributed by atoms with Gasteiger partial charge in [0, 0.05) is 49.4 Å². The number of para-hydroxylation sites is 5. The minimum Gasteiger partial charge on any atom is -0.309 e. The standard InChI is InChI=1S/C48H31N3/c1-3-15-32(16-4-1)49-41-24-10-7-19-35(41)40-31-34(29-30-44(40)49)51-43-26-12-9-21-39(43)48-37(23-14-28-46(48)51)36-22-13-27-45-47(36)38-20-8-11-25-42(38)50(45)33-17-5-2-6-18-33/h1-31H. The van der Waals surface area contributed by atoms with Crippen LogP contribution >= 0.6 is 0 Å². The van der Waals surface area contributed by atoms with E-state index in [2.05, 4.69) is 202 Å². The molecule has 0 saturated heterocycles. The van der Waals surface area contributed by atoms with Gasteiger partial charge in [-0.1, -0.05) is 115 Å². The lowest BCUT2D eigenvalue weighted by atomic mass is 9.95. The largest absolute Gasteiger partial charge is 0.309 e. The first-order valence-electron chi connectivity index (χ1n) is 17.5. The van der Waals surface area contributed by atoms with Crippen LogP contribution in [0.1, 0.15) is 0 Å². The topological polar surface area (TPSA) is 14.8 Å². The number of aromatic nitrogens is 3. The lowest BCUT2D eigenvalue weighted by molar-refractivity contribution is 1.17.